The number of nitrogens with zero attached hydrogens (tertiary/aromatic N) is 1. The van der Waals surface area contributed by atoms with Crippen molar-refractivity contribution >= 4 is 17.5 Å². The van der Waals surface area contributed by atoms with Crippen LogP contribution in [-0.4, -0.2) is 36.0 Å². The number of hydrogen-bond acceptors (Lipinski definition) is 3. The van der Waals surface area contributed by atoms with Gasteiger partial charge in [0.15, 0.2) is 0 Å². The van der Waals surface area contributed by atoms with Crippen LogP contribution in [0.3, 0.4) is 0 Å². The van der Waals surface area contributed by atoms with E-state index in [1.165, 1.54) is 5.56 Å². The molecule has 2 aromatic carbocycles. The molecule has 1 saturated heterocycles. The molecule has 0 bridgehead atoms. The largest absolute Gasteiger partial charge is 0.465 e. The molecule has 1 atom stereocenters. The summed E-state index contributed by atoms with van der Waals surface area (Å²) in [5, 5.41) is 21.2. The SMILES string of the molecule is CCC(CCO)c1ccc(N2CCC(c3ccccc3)CC2)c(NC(=O)O)c1. The van der Waals surface area contributed by atoms with Crippen LogP contribution in [0.5, 0.6) is 0 Å². The Labute approximate surface area is 167 Å². The molecule has 0 radical (unpaired) electrons. The monoisotopic (exact) mass is 382 g/mol. The minimum absolute atomic E-state index is 0.134. The summed E-state index contributed by atoms with van der Waals surface area (Å²) in [7, 11) is 0. The molecule has 5 nitrogen and oxygen atoms in total. The Balaban J connectivity index is 1.78. The molecule has 1 fully saturated rings. The summed E-state index contributed by atoms with van der Waals surface area (Å²) in [4.78, 5) is 13.6. The lowest BCUT2D eigenvalue weighted by Gasteiger charge is -2.35. The quantitative estimate of drug-likeness (QED) is 0.627. The van der Waals surface area contributed by atoms with Crippen LogP contribution in [-0.2, 0) is 0 Å². The van der Waals surface area contributed by atoms with Crippen molar-refractivity contribution in [3.8, 4) is 0 Å². The van der Waals surface area contributed by atoms with Gasteiger partial charge in [0, 0.05) is 19.7 Å². The van der Waals surface area contributed by atoms with Crippen molar-refractivity contribution in [1.29, 1.82) is 0 Å². The van der Waals surface area contributed by atoms with Gasteiger partial charge in [-0.15, -0.1) is 0 Å². The standard InChI is InChI=1S/C23H30N2O3/c1-2-17(12-15-26)20-8-9-22(21(16-20)24-23(27)28)25-13-10-19(11-14-25)18-6-4-3-5-7-18/h3-9,16-17,19,24,26H,2,10-15H2,1H3,(H,27,28). The number of aliphatic hydroxyl groups is 1. The zero-order valence-electron chi connectivity index (χ0n) is 16.5. The van der Waals surface area contributed by atoms with Crippen LogP contribution >= 0.6 is 0 Å². The van der Waals surface area contributed by atoms with E-state index in [4.69, 9.17) is 0 Å². The van der Waals surface area contributed by atoms with E-state index in [2.05, 4.69) is 47.5 Å². The molecule has 2 aromatic rings. The van der Waals surface area contributed by atoms with Crippen molar-refractivity contribution in [2.24, 2.45) is 0 Å². The molecule has 1 aliphatic heterocycles. The lowest BCUT2D eigenvalue weighted by molar-refractivity contribution is 0.209. The normalized spacial score (nSPS) is 16.0. The van der Waals surface area contributed by atoms with E-state index in [1.54, 1.807) is 0 Å². The van der Waals surface area contributed by atoms with E-state index in [1.807, 2.05) is 18.2 Å². The number of hydrogen-bond donors (Lipinski definition) is 3. The number of benzene rings is 2. The van der Waals surface area contributed by atoms with E-state index in [0.717, 1.165) is 43.6 Å². The smallest absolute Gasteiger partial charge is 0.409 e. The first-order valence-corrected chi connectivity index (χ1v) is 10.2. The summed E-state index contributed by atoms with van der Waals surface area (Å²) in [5.41, 5.74) is 4.04. The van der Waals surface area contributed by atoms with Gasteiger partial charge in [0.05, 0.1) is 11.4 Å². The number of amides is 1. The van der Waals surface area contributed by atoms with E-state index in [0.29, 0.717) is 18.0 Å². The average Bonchev–Trinajstić information content (AvgIpc) is 2.72. The molecule has 0 aromatic heterocycles. The second kappa shape index (κ2) is 9.60. The fraction of sp³-hybridized carbons (Fsp3) is 0.435. The van der Waals surface area contributed by atoms with Crippen LogP contribution in [0.15, 0.2) is 48.5 Å². The summed E-state index contributed by atoms with van der Waals surface area (Å²) < 4.78 is 0. The fourth-order valence-corrected chi connectivity index (χ4v) is 4.24. The summed E-state index contributed by atoms with van der Waals surface area (Å²) in [5.74, 6) is 0.791. The van der Waals surface area contributed by atoms with Crippen LogP contribution in [0, 0.1) is 0 Å². The van der Waals surface area contributed by atoms with Gasteiger partial charge in [-0.1, -0.05) is 43.3 Å². The van der Waals surface area contributed by atoms with Crippen molar-refractivity contribution in [2.45, 2.75) is 44.4 Å². The lowest BCUT2D eigenvalue weighted by atomic mass is 9.89. The number of rotatable bonds is 7. The number of piperidine rings is 1. The van der Waals surface area contributed by atoms with Crippen LogP contribution in [0.1, 0.15) is 55.6 Å². The van der Waals surface area contributed by atoms with Crippen LogP contribution in [0.2, 0.25) is 0 Å². The molecule has 3 N–H and O–H groups in total. The van der Waals surface area contributed by atoms with Crippen LogP contribution < -0.4 is 10.2 Å². The molecular formula is C23H30N2O3. The third-order valence-corrected chi connectivity index (χ3v) is 5.81. The number of anilines is 2. The summed E-state index contributed by atoms with van der Waals surface area (Å²) in [6.07, 6.45) is 2.66. The van der Waals surface area contributed by atoms with Crippen LogP contribution in [0.25, 0.3) is 0 Å². The number of aliphatic hydroxyl groups excluding tert-OH is 1. The maximum absolute atomic E-state index is 11.3. The third kappa shape index (κ3) is 4.84. The minimum Gasteiger partial charge on any atom is -0.465 e. The van der Waals surface area contributed by atoms with Gasteiger partial charge < -0.3 is 15.1 Å². The first-order valence-electron chi connectivity index (χ1n) is 10.2. The molecule has 3 rings (SSSR count). The minimum atomic E-state index is -1.05. The van der Waals surface area contributed by atoms with E-state index in [9.17, 15) is 15.0 Å². The molecule has 1 heterocycles. The van der Waals surface area contributed by atoms with Crippen molar-refractivity contribution in [2.75, 3.05) is 29.9 Å². The molecular weight excluding hydrogens is 352 g/mol. The Morgan fingerprint density at radius 2 is 1.89 bits per heavy atom. The average molecular weight is 383 g/mol. The molecule has 0 saturated carbocycles. The molecule has 150 valence electrons. The second-order valence-corrected chi connectivity index (χ2v) is 7.50. The maximum atomic E-state index is 11.3. The first-order chi connectivity index (χ1) is 13.6. The van der Waals surface area contributed by atoms with E-state index >= 15 is 0 Å². The summed E-state index contributed by atoms with van der Waals surface area (Å²) in [6.45, 7) is 4.03. The first kappa shape index (κ1) is 20.2. The van der Waals surface area contributed by atoms with Crippen molar-refractivity contribution in [3.63, 3.8) is 0 Å². The van der Waals surface area contributed by atoms with Gasteiger partial charge >= 0.3 is 6.09 Å². The van der Waals surface area contributed by atoms with Gasteiger partial charge in [-0.05, 0) is 60.8 Å². The zero-order chi connectivity index (χ0) is 19.9. The van der Waals surface area contributed by atoms with Gasteiger partial charge in [0.25, 0.3) is 0 Å². The molecule has 0 spiro atoms. The van der Waals surface area contributed by atoms with E-state index < -0.39 is 6.09 Å². The highest BCUT2D eigenvalue weighted by Crippen LogP contribution is 2.36. The number of carbonyl (C=O) groups is 1. The summed E-state index contributed by atoms with van der Waals surface area (Å²) >= 11 is 0. The van der Waals surface area contributed by atoms with Gasteiger partial charge in [0.1, 0.15) is 0 Å². The third-order valence-electron chi connectivity index (χ3n) is 5.81. The van der Waals surface area contributed by atoms with Gasteiger partial charge in [-0.2, -0.15) is 0 Å². The highest BCUT2D eigenvalue weighted by molar-refractivity contribution is 5.89. The number of carboxylic acid groups (broad SMARTS) is 1. The predicted octanol–water partition coefficient (Wildman–Crippen LogP) is 5.04. The Hall–Kier alpha value is -2.53. The molecule has 1 unspecified atom stereocenters. The molecule has 1 amide bonds. The van der Waals surface area contributed by atoms with Crippen molar-refractivity contribution in [3.05, 3.63) is 59.7 Å². The number of nitrogens with one attached hydrogen (secondary N) is 1. The Bertz CT molecular complexity index is 771. The van der Waals surface area contributed by atoms with Gasteiger partial charge in [0.2, 0.25) is 0 Å². The van der Waals surface area contributed by atoms with Crippen LogP contribution in [0.4, 0.5) is 16.2 Å². The maximum Gasteiger partial charge on any atom is 0.409 e. The van der Waals surface area contributed by atoms with E-state index in [-0.39, 0.29) is 12.5 Å². The molecule has 28 heavy (non-hydrogen) atoms. The Kier molecular flexibility index (Phi) is 6.93. The molecule has 1 aliphatic rings. The highest BCUT2D eigenvalue weighted by atomic mass is 16.4. The lowest BCUT2D eigenvalue weighted by Crippen LogP contribution is -2.33. The predicted molar refractivity (Wildman–Crippen MR) is 113 cm³/mol. The summed E-state index contributed by atoms with van der Waals surface area (Å²) in [6, 6.07) is 16.7. The second-order valence-electron chi connectivity index (χ2n) is 7.50. The topological polar surface area (TPSA) is 72.8 Å². The Morgan fingerprint density at radius 3 is 2.50 bits per heavy atom. The van der Waals surface area contributed by atoms with Crippen molar-refractivity contribution in [1.82, 2.24) is 0 Å². The van der Waals surface area contributed by atoms with Gasteiger partial charge in [-0.25, -0.2) is 4.79 Å². The van der Waals surface area contributed by atoms with Gasteiger partial charge in [-0.3, -0.25) is 5.32 Å². The molecule has 5 heteroatoms. The zero-order valence-corrected chi connectivity index (χ0v) is 16.5. The fourth-order valence-electron chi connectivity index (χ4n) is 4.24. The Morgan fingerprint density at radius 1 is 1.18 bits per heavy atom. The molecule has 0 aliphatic carbocycles. The highest BCUT2D eigenvalue weighted by Gasteiger charge is 2.23. The van der Waals surface area contributed by atoms with Crippen molar-refractivity contribution < 1.29 is 15.0 Å².